The molecule has 1 aromatic heterocycles. The first-order valence-electron chi connectivity index (χ1n) is 8.77. The van der Waals surface area contributed by atoms with Gasteiger partial charge in [0.1, 0.15) is 0 Å². The summed E-state index contributed by atoms with van der Waals surface area (Å²) < 4.78 is 2.21. The summed E-state index contributed by atoms with van der Waals surface area (Å²) in [5, 5.41) is 0.756. The summed E-state index contributed by atoms with van der Waals surface area (Å²) in [5.74, 6) is 0.579. The van der Waals surface area contributed by atoms with Gasteiger partial charge in [0, 0.05) is 35.4 Å². The SMILES string of the molecule is CC[C@@H](C)N(Cc1cccn1Cc1cccc(Cl)c1)C(=O)C1CC1. The van der Waals surface area contributed by atoms with Crippen molar-refractivity contribution in [2.75, 3.05) is 0 Å². The molecule has 0 N–H and O–H groups in total. The van der Waals surface area contributed by atoms with Crippen LogP contribution in [0.25, 0.3) is 0 Å². The van der Waals surface area contributed by atoms with Crippen LogP contribution in [-0.2, 0) is 17.9 Å². The van der Waals surface area contributed by atoms with Crippen molar-refractivity contribution in [3.8, 4) is 0 Å². The number of hydrogen-bond acceptors (Lipinski definition) is 1. The Hall–Kier alpha value is -1.74. The van der Waals surface area contributed by atoms with Crippen molar-refractivity contribution < 1.29 is 4.79 Å². The highest BCUT2D eigenvalue weighted by Crippen LogP contribution is 2.32. The Morgan fingerprint density at radius 2 is 2.12 bits per heavy atom. The zero-order valence-electron chi connectivity index (χ0n) is 14.4. The average Bonchev–Trinajstić information content (AvgIpc) is 3.33. The molecule has 24 heavy (non-hydrogen) atoms. The van der Waals surface area contributed by atoms with Crippen LogP contribution < -0.4 is 0 Å². The van der Waals surface area contributed by atoms with Gasteiger partial charge in [-0.05, 0) is 56.0 Å². The molecule has 1 atom stereocenters. The molecule has 0 unspecified atom stereocenters. The predicted molar refractivity (Wildman–Crippen MR) is 98.0 cm³/mol. The molecule has 3 nitrogen and oxygen atoms in total. The molecule has 2 aromatic rings. The average molecular weight is 345 g/mol. The number of hydrogen-bond donors (Lipinski definition) is 0. The zero-order valence-corrected chi connectivity index (χ0v) is 15.2. The van der Waals surface area contributed by atoms with Crippen LogP contribution in [0.3, 0.4) is 0 Å². The molecule has 0 aliphatic heterocycles. The number of halogens is 1. The first-order chi connectivity index (χ1) is 11.6. The van der Waals surface area contributed by atoms with Crippen LogP contribution in [0.5, 0.6) is 0 Å². The molecule has 1 saturated carbocycles. The van der Waals surface area contributed by atoms with E-state index in [0.29, 0.717) is 12.5 Å². The summed E-state index contributed by atoms with van der Waals surface area (Å²) in [4.78, 5) is 14.7. The molecule has 1 aromatic carbocycles. The first kappa shape index (κ1) is 17.1. The Labute approximate surface area is 149 Å². The van der Waals surface area contributed by atoms with E-state index in [2.05, 4.69) is 47.7 Å². The molecule has 1 heterocycles. The van der Waals surface area contributed by atoms with E-state index in [9.17, 15) is 4.79 Å². The Balaban J connectivity index is 1.76. The van der Waals surface area contributed by atoms with Crippen molar-refractivity contribution in [2.45, 2.75) is 52.2 Å². The largest absolute Gasteiger partial charge is 0.345 e. The van der Waals surface area contributed by atoms with Gasteiger partial charge in [0.25, 0.3) is 0 Å². The molecule has 1 amide bonds. The van der Waals surface area contributed by atoms with E-state index in [0.717, 1.165) is 30.8 Å². The molecular formula is C20H25ClN2O. The van der Waals surface area contributed by atoms with E-state index in [1.807, 2.05) is 18.2 Å². The lowest BCUT2D eigenvalue weighted by Crippen LogP contribution is -2.39. The molecule has 1 fully saturated rings. The fraction of sp³-hybridized carbons (Fsp3) is 0.450. The van der Waals surface area contributed by atoms with E-state index >= 15 is 0 Å². The fourth-order valence-corrected chi connectivity index (χ4v) is 3.20. The monoisotopic (exact) mass is 344 g/mol. The fourth-order valence-electron chi connectivity index (χ4n) is 2.99. The number of aromatic nitrogens is 1. The standard InChI is InChI=1S/C20H25ClN2O/c1-3-15(2)23(20(24)17-9-10-17)14-19-8-5-11-22(19)13-16-6-4-7-18(21)12-16/h4-8,11-12,15,17H,3,9-10,13-14H2,1-2H3/t15-/m1/s1. The maximum absolute atomic E-state index is 12.6. The van der Waals surface area contributed by atoms with Crippen molar-refractivity contribution in [3.05, 3.63) is 58.9 Å². The number of rotatable bonds is 7. The van der Waals surface area contributed by atoms with Crippen LogP contribution in [0.4, 0.5) is 0 Å². The summed E-state index contributed by atoms with van der Waals surface area (Å²) in [7, 11) is 0. The topological polar surface area (TPSA) is 25.2 Å². The number of nitrogens with zero attached hydrogens (tertiary/aromatic N) is 2. The second-order valence-electron chi connectivity index (χ2n) is 6.76. The smallest absolute Gasteiger partial charge is 0.226 e. The third-order valence-corrected chi connectivity index (χ3v) is 5.07. The minimum atomic E-state index is 0.260. The normalized spacial score (nSPS) is 15.3. The number of benzene rings is 1. The molecule has 4 heteroatoms. The minimum absolute atomic E-state index is 0.260. The van der Waals surface area contributed by atoms with Gasteiger partial charge in [0.2, 0.25) is 5.91 Å². The molecule has 0 bridgehead atoms. The summed E-state index contributed by atoms with van der Waals surface area (Å²) in [6, 6.07) is 12.4. The molecular weight excluding hydrogens is 320 g/mol. The van der Waals surface area contributed by atoms with E-state index in [1.165, 1.54) is 11.3 Å². The second kappa shape index (κ2) is 7.43. The number of carbonyl (C=O) groups is 1. The quantitative estimate of drug-likeness (QED) is 0.713. The van der Waals surface area contributed by atoms with Gasteiger partial charge in [-0.1, -0.05) is 30.7 Å². The maximum atomic E-state index is 12.6. The van der Waals surface area contributed by atoms with Crippen molar-refractivity contribution in [3.63, 3.8) is 0 Å². The number of amides is 1. The molecule has 0 radical (unpaired) electrons. The van der Waals surface area contributed by atoms with Gasteiger partial charge in [0.15, 0.2) is 0 Å². The van der Waals surface area contributed by atoms with Gasteiger partial charge in [-0.2, -0.15) is 0 Å². The minimum Gasteiger partial charge on any atom is -0.345 e. The predicted octanol–water partition coefficient (Wildman–Crippen LogP) is 4.73. The molecule has 0 saturated heterocycles. The lowest BCUT2D eigenvalue weighted by molar-refractivity contribution is -0.135. The van der Waals surface area contributed by atoms with Crippen LogP contribution in [0.15, 0.2) is 42.6 Å². The Morgan fingerprint density at radius 3 is 2.79 bits per heavy atom. The van der Waals surface area contributed by atoms with Crippen LogP contribution in [-0.4, -0.2) is 21.4 Å². The molecule has 1 aliphatic rings. The highest BCUT2D eigenvalue weighted by molar-refractivity contribution is 6.30. The van der Waals surface area contributed by atoms with E-state index < -0.39 is 0 Å². The van der Waals surface area contributed by atoms with Crippen molar-refractivity contribution >= 4 is 17.5 Å². The lowest BCUT2D eigenvalue weighted by atomic mass is 10.1. The van der Waals surface area contributed by atoms with Gasteiger partial charge in [0.05, 0.1) is 6.54 Å². The van der Waals surface area contributed by atoms with Gasteiger partial charge >= 0.3 is 0 Å². The van der Waals surface area contributed by atoms with Crippen LogP contribution in [0.2, 0.25) is 5.02 Å². The lowest BCUT2D eigenvalue weighted by Gasteiger charge is -2.29. The molecule has 3 rings (SSSR count). The van der Waals surface area contributed by atoms with Gasteiger partial charge in [-0.15, -0.1) is 0 Å². The van der Waals surface area contributed by atoms with Crippen LogP contribution >= 0.6 is 11.6 Å². The zero-order chi connectivity index (χ0) is 17.1. The van der Waals surface area contributed by atoms with E-state index in [-0.39, 0.29) is 12.0 Å². The Morgan fingerprint density at radius 1 is 1.33 bits per heavy atom. The Kier molecular flexibility index (Phi) is 5.30. The maximum Gasteiger partial charge on any atom is 0.226 e. The first-order valence-corrected chi connectivity index (χ1v) is 9.15. The molecule has 0 spiro atoms. The van der Waals surface area contributed by atoms with Gasteiger partial charge in [-0.25, -0.2) is 0 Å². The van der Waals surface area contributed by atoms with Crippen molar-refractivity contribution in [2.24, 2.45) is 5.92 Å². The van der Waals surface area contributed by atoms with E-state index in [1.54, 1.807) is 0 Å². The van der Waals surface area contributed by atoms with Gasteiger partial charge in [-0.3, -0.25) is 4.79 Å². The van der Waals surface area contributed by atoms with Crippen molar-refractivity contribution in [1.29, 1.82) is 0 Å². The van der Waals surface area contributed by atoms with E-state index in [4.69, 9.17) is 11.6 Å². The third-order valence-electron chi connectivity index (χ3n) is 4.83. The summed E-state index contributed by atoms with van der Waals surface area (Å²) >= 11 is 6.09. The third kappa shape index (κ3) is 4.02. The van der Waals surface area contributed by atoms with Crippen LogP contribution in [0.1, 0.15) is 44.4 Å². The second-order valence-corrected chi connectivity index (χ2v) is 7.19. The highest BCUT2D eigenvalue weighted by Gasteiger charge is 2.35. The van der Waals surface area contributed by atoms with Crippen LogP contribution in [0, 0.1) is 5.92 Å². The Bertz CT molecular complexity index is 705. The summed E-state index contributed by atoms with van der Waals surface area (Å²) in [6.45, 7) is 5.74. The molecule has 1 aliphatic carbocycles. The molecule has 128 valence electrons. The summed E-state index contributed by atoms with van der Waals surface area (Å²) in [6.07, 6.45) is 5.16. The van der Waals surface area contributed by atoms with Gasteiger partial charge < -0.3 is 9.47 Å². The highest BCUT2D eigenvalue weighted by atomic mass is 35.5. The number of carbonyl (C=O) groups excluding carboxylic acids is 1. The van der Waals surface area contributed by atoms with Crippen molar-refractivity contribution in [1.82, 2.24) is 9.47 Å². The summed E-state index contributed by atoms with van der Waals surface area (Å²) in [5.41, 5.74) is 2.34.